The minimum atomic E-state index is 0.0696. The highest BCUT2D eigenvalue weighted by Crippen LogP contribution is 2.18. The summed E-state index contributed by atoms with van der Waals surface area (Å²) < 4.78 is 1.71. The summed E-state index contributed by atoms with van der Waals surface area (Å²) >= 11 is 1.40. The number of nitrogens with zero attached hydrogens (tertiary/aromatic N) is 7. The maximum atomic E-state index is 12.6. The van der Waals surface area contributed by atoms with E-state index in [0.717, 1.165) is 35.2 Å². The highest BCUT2D eigenvalue weighted by molar-refractivity contribution is 7.11. The lowest BCUT2D eigenvalue weighted by Gasteiger charge is -2.35. The van der Waals surface area contributed by atoms with E-state index in [2.05, 4.69) is 25.2 Å². The number of rotatable bonds is 3. The average molecular weight is 369 g/mol. The van der Waals surface area contributed by atoms with Gasteiger partial charge in [0.2, 0.25) is 0 Å². The minimum Gasteiger partial charge on any atom is -0.352 e. The molecule has 1 aliphatic rings. The van der Waals surface area contributed by atoms with Gasteiger partial charge in [-0.05, 0) is 32.0 Å². The number of carbonyl (C=O) groups is 1. The summed E-state index contributed by atoms with van der Waals surface area (Å²) in [6.45, 7) is 6.61. The maximum Gasteiger partial charge on any atom is 0.265 e. The predicted octanol–water partition coefficient (Wildman–Crippen LogP) is 1.70. The minimum absolute atomic E-state index is 0.0696. The van der Waals surface area contributed by atoms with Crippen LogP contribution < -0.4 is 4.90 Å². The highest BCUT2D eigenvalue weighted by atomic mass is 32.1. The summed E-state index contributed by atoms with van der Waals surface area (Å²) in [5.41, 5.74) is 3.46. The van der Waals surface area contributed by atoms with Gasteiger partial charge in [0.25, 0.3) is 5.91 Å². The Kier molecular flexibility index (Phi) is 4.37. The van der Waals surface area contributed by atoms with Crippen LogP contribution in [0.15, 0.2) is 29.9 Å². The second-order valence-electron chi connectivity index (χ2n) is 6.20. The summed E-state index contributed by atoms with van der Waals surface area (Å²) in [6, 6.07) is 5.79. The molecule has 0 atom stereocenters. The van der Waals surface area contributed by atoms with E-state index in [1.807, 2.05) is 43.1 Å². The molecule has 9 heteroatoms. The summed E-state index contributed by atoms with van der Waals surface area (Å²) in [5, 5.41) is 12.9. The van der Waals surface area contributed by atoms with Crippen LogP contribution >= 0.6 is 11.3 Å². The smallest absolute Gasteiger partial charge is 0.265 e. The van der Waals surface area contributed by atoms with E-state index in [0.29, 0.717) is 18.9 Å². The number of aryl methyl sites for hydroxylation is 2. The van der Waals surface area contributed by atoms with Crippen LogP contribution in [-0.4, -0.2) is 61.9 Å². The fourth-order valence-corrected chi connectivity index (χ4v) is 3.71. The summed E-state index contributed by atoms with van der Waals surface area (Å²) in [4.78, 5) is 21.5. The molecule has 0 bridgehead atoms. The second kappa shape index (κ2) is 6.83. The molecule has 0 saturated carbocycles. The molecule has 8 nitrogen and oxygen atoms in total. The van der Waals surface area contributed by atoms with Gasteiger partial charge in [-0.1, -0.05) is 0 Å². The lowest BCUT2D eigenvalue weighted by molar-refractivity contribution is 0.0750. The largest absolute Gasteiger partial charge is 0.352 e. The first kappa shape index (κ1) is 16.6. The number of amides is 1. The van der Waals surface area contributed by atoms with Crippen LogP contribution in [-0.2, 0) is 0 Å². The van der Waals surface area contributed by atoms with Crippen molar-refractivity contribution in [2.45, 2.75) is 13.8 Å². The molecule has 1 amide bonds. The van der Waals surface area contributed by atoms with Crippen LogP contribution in [0.2, 0.25) is 0 Å². The Balaban J connectivity index is 1.40. The zero-order valence-electron chi connectivity index (χ0n) is 14.7. The zero-order chi connectivity index (χ0) is 18.1. The maximum absolute atomic E-state index is 12.6. The number of anilines is 1. The van der Waals surface area contributed by atoms with Crippen molar-refractivity contribution in [2.75, 3.05) is 31.1 Å². The van der Waals surface area contributed by atoms with Crippen molar-refractivity contribution >= 4 is 23.1 Å². The van der Waals surface area contributed by atoms with Gasteiger partial charge in [-0.25, -0.2) is 9.67 Å². The first-order valence-electron chi connectivity index (χ1n) is 8.42. The summed E-state index contributed by atoms with van der Waals surface area (Å²) in [6.07, 6.45) is 1.87. The number of hydrogen-bond acceptors (Lipinski definition) is 7. The molecule has 134 valence electrons. The molecule has 0 N–H and O–H groups in total. The average Bonchev–Trinajstić information content (AvgIpc) is 3.30. The fourth-order valence-electron chi connectivity index (χ4n) is 2.94. The summed E-state index contributed by atoms with van der Waals surface area (Å²) in [7, 11) is 0. The molecule has 4 heterocycles. The van der Waals surface area contributed by atoms with Gasteiger partial charge in [-0.2, -0.15) is 5.10 Å². The van der Waals surface area contributed by atoms with E-state index in [4.69, 9.17) is 0 Å². The van der Waals surface area contributed by atoms with E-state index in [1.54, 1.807) is 10.2 Å². The molecule has 0 spiro atoms. The van der Waals surface area contributed by atoms with Crippen molar-refractivity contribution in [3.63, 3.8) is 0 Å². The number of aromatic nitrogens is 5. The van der Waals surface area contributed by atoms with Crippen molar-refractivity contribution in [2.24, 2.45) is 0 Å². The standard InChI is InChI=1S/C17H19N7OS/c1-12-5-6-24(21-12)15-4-3-14(19-20-15)22-7-9-23(10-8-22)17(25)16-13(2)18-11-26-16/h3-6,11H,7-10H2,1-2H3. The van der Waals surface area contributed by atoms with Crippen LogP contribution in [0.1, 0.15) is 21.1 Å². The van der Waals surface area contributed by atoms with Crippen LogP contribution in [0, 0.1) is 13.8 Å². The molecule has 0 aliphatic carbocycles. The number of carbonyl (C=O) groups excluding carboxylic acids is 1. The molecule has 0 radical (unpaired) electrons. The molecule has 1 fully saturated rings. The van der Waals surface area contributed by atoms with Gasteiger partial charge < -0.3 is 9.80 Å². The Morgan fingerprint density at radius 1 is 1.04 bits per heavy atom. The van der Waals surface area contributed by atoms with Gasteiger partial charge in [0.05, 0.1) is 16.9 Å². The molecule has 1 aliphatic heterocycles. The van der Waals surface area contributed by atoms with E-state index in [-0.39, 0.29) is 5.91 Å². The van der Waals surface area contributed by atoms with Gasteiger partial charge in [0.1, 0.15) is 4.88 Å². The third kappa shape index (κ3) is 3.17. The molecular formula is C17H19N7OS. The van der Waals surface area contributed by atoms with Crippen molar-refractivity contribution in [3.8, 4) is 5.82 Å². The van der Waals surface area contributed by atoms with Gasteiger partial charge >= 0.3 is 0 Å². The van der Waals surface area contributed by atoms with Crippen LogP contribution in [0.25, 0.3) is 5.82 Å². The van der Waals surface area contributed by atoms with Crippen LogP contribution in [0.4, 0.5) is 5.82 Å². The van der Waals surface area contributed by atoms with E-state index < -0.39 is 0 Å². The normalized spacial score (nSPS) is 14.7. The van der Waals surface area contributed by atoms with E-state index >= 15 is 0 Å². The Morgan fingerprint density at radius 3 is 2.35 bits per heavy atom. The van der Waals surface area contributed by atoms with E-state index in [9.17, 15) is 4.79 Å². The SMILES string of the molecule is Cc1ccn(-c2ccc(N3CCN(C(=O)c4scnc4C)CC3)nn2)n1. The lowest BCUT2D eigenvalue weighted by atomic mass is 10.2. The molecule has 26 heavy (non-hydrogen) atoms. The zero-order valence-corrected chi connectivity index (χ0v) is 15.5. The topological polar surface area (TPSA) is 80.0 Å². The predicted molar refractivity (Wildman–Crippen MR) is 98.9 cm³/mol. The van der Waals surface area contributed by atoms with E-state index in [1.165, 1.54) is 11.3 Å². The van der Waals surface area contributed by atoms with Gasteiger partial charge in [0, 0.05) is 32.4 Å². The van der Waals surface area contributed by atoms with Gasteiger partial charge in [0.15, 0.2) is 11.6 Å². The number of thiazole rings is 1. The van der Waals surface area contributed by atoms with Gasteiger partial charge in [-0.3, -0.25) is 4.79 Å². The first-order valence-corrected chi connectivity index (χ1v) is 9.30. The number of hydrogen-bond donors (Lipinski definition) is 0. The molecule has 0 unspecified atom stereocenters. The summed E-state index contributed by atoms with van der Waals surface area (Å²) in [5.74, 6) is 1.58. The Morgan fingerprint density at radius 2 is 1.77 bits per heavy atom. The van der Waals surface area contributed by atoms with Crippen LogP contribution in [0.5, 0.6) is 0 Å². The molecule has 4 rings (SSSR count). The molecule has 0 aromatic carbocycles. The van der Waals surface area contributed by atoms with Crippen molar-refractivity contribution in [1.82, 2.24) is 29.9 Å². The lowest BCUT2D eigenvalue weighted by Crippen LogP contribution is -2.49. The Labute approximate surface area is 155 Å². The molecular weight excluding hydrogens is 350 g/mol. The molecule has 1 saturated heterocycles. The quantitative estimate of drug-likeness (QED) is 0.699. The fraction of sp³-hybridized carbons (Fsp3) is 0.353. The van der Waals surface area contributed by atoms with Crippen molar-refractivity contribution < 1.29 is 4.79 Å². The van der Waals surface area contributed by atoms with Crippen LogP contribution in [0.3, 0.4) is 0 Å². The highest BCUT2D eigenvalue weighted by Gasteiger charge is 2.25. The molecule has 3 aromatic rings. The first-order chi connectivity index (χ1) is 12.6. The third-order valence-electron chi connectivity index (χ3n) is 4.42. The Bertz CT molecular complexity index is 909. The monoisotopic (exact) mass is 369 g/mol. The number of piperazine rings is 1. The molecule has 3 aromatic heterocycles. The van der Waals surface area contributed by atoms with Crippen molar-refractivity contribution in [1.29, 1.82) is 0 Å². The third-order valence-corrected chi connectivity index (χ3v) is 5.34. The Hall–Kier alpha value is -2.81. The van der Waals surface area contributed by atoms with Gasteiger partial charge in [-0.15, -0.1) is 21.5 Å². The van der Waals surface area contributed by atoms with Crippen molar-refractivity contribution in [3.05, 3.63) is 46.2 Å². The second-order valence-corrected chi connectivity index (χ2v) is 7.05.